The number of hydrogen-bond donors (Lipinski definition) is 4. The van der Waals surface area contributed by atoms with Crippen LogP contribution in [0.3, 0.4) is 0 Å². The molecule has 0 saturated heterocycles. The van der Waals surface area contributed by atoms with Gasteiger partial charge in [0.2, 0.25) is 7.44 Å². The predicted octanol–water partition coefficient (Wildman–Crippen LogP) is 0.303. The zero-order valence-corrected chi connectivity index (χ0v) is 11.9. The molecule has 0 amide bonds. The van der Waals surface area contributed by atoms with E-state index in [1.54, 1.807) is 0 Å². The minimum atomic E-state index is -1.19. The van der Waals surface area contributed by atoms with E-state index < -0.39 is 11.9 Å². The van der Waals surface area contributed by atoms with E-state index in [-0.39, 0.29) is 13.3 Å². The predicted molar refractivity (Wildman–Crippen MR) is 73.6 cm³/mol. The number of carboxylic acid groups (broad SMARTS) is 2. The number of carboxylic acids is 2. The van der Waals surface area contributed by atoms with E-state index in [0.717, 1.165) is 0 Å². The van der Waals surface area contributed by atoms with Crippen molar-refractivity contribution in [1.82, 2.24) is 10.9 Å². The van der Waals surface area contributed by atoms with Crippen molar-refractivity contribution in [2.24, 2.45) is 10.2 Å². The third-order valence-corrected chi connectivity index (χ3v) is 2.34. The molecule has 0 radical (unpaired) electrons. The molecule has 0 aromatic heterocycles. The summed E-state index contributed by atoms with van der Waals surface area (Å²) >= 11 is 3.01. The monoisotopic (exact) mass is 452 g/mol. The molecule has 0 rings (SSSR count). The van der Waals surface area contributed by atoms with Crippen LogP contribution in [0.1, 0.15) is 0 Å². The maximum absolute atomic E-state index is 10.3. The maximum Gasteiger partial charge on any atom is 0.362 e. The van der Waals surface area contributed by atoms with Gasteiger partial charge in [-0.05, 0) is 45.2 Å². The Labute approximate surface area is 117 Å². The molecule has 0 aliphatic heterocycles. The second-order valence-corrected chi connectivity index (χ2v) is 4.16. The largest absolute Gasteiger partial charge is 0.476 e. The average molecular weight is 452 g/mol. The van der Waals surface area contributed by atoms with Crippen LogP contribution in [-0.4, -0.2) is 29.6 Å². The van der Waals surface area contributed by atoms with Crippen LogP contribution >= 0.6 is 45.2 Å². The van der Waals surface area contributed by atoms with Crippen LogP contribution in [-0.2, 0) is 9.59 Å². The van der Waals surface area contributed by atoms with E-state index in [1.165, 1.54) is 45.2 Å². The second-order valence-electron chi connectivity index (χ2n) is 2.12. The van der Waals surface area contributed by atoms with Gasteiger partial charge in [-0.1, -0.05) is 6.58 Å². The van der Waals surface area contributed by atoms with Gasteiger partial charge in [-0.3, -0.25) is 10.9 Å². The third kappa shape index (κ3) is 6.54. The normalized spacial score (nSPS) is 11.9. The number of rotatable bonds is 6. The highest BCUT2D eigenvalue weighted by Gasteiger charge is 2.04. The van der Waals surface area contributed by atoms with E-state index in [0.29, 0.717) is 0 Å². The van der Waals surface area contributed by atoms with Crippen LogP contribution in [0.5, 0.6) is 0 Å². The lowest BCUT2D eigenvalue weighted by atomic mass is 10.8. The Morgan fingerprint density at radius 1 is 1.00 bits per heavy atom. The van der Waals surface area contributed by atoms with Crippen molar-refractivity contribution in [3.63, 3.8) is 0 Å². The number of hydrazone groups is 2. The van der Waals surface area contributed by atoms with Crippen LogP contribution in [0.25, 0.3) is 0 Å². The third-order valence-electron chi connectivity index (χ3n) is 0.931. The van der Waals surface area contributed by atoms with E-state index in [2.05, 4.69) is 27.6 Å². The first-order chi connectivity index (χ1) is 7.34. The fourth-order valence-electron chi connectivity index (χ4n) is 0.354. The van der Waals surface area contributed by atoms with Gasteiger partial charge in [-0.15, -0.1) is 0 Å². The molecule has 0 bridgehead atoms. The molecule has 0 atom stereocenters. The zero-order chi connectivity index (χ0) is 12.7. The fraction of sp³-hybridized carbons (Fsp3) is 0. The molecule has 0 aliphatic rings. The topological polar surface area (TPSA) is 123 Å². The Kier molecular flexibility index (Phi) is 6.95. The summed E-state index contributed by atoms with van der Waals surface area (Å²) in [6, 6.07) is 0. The van der Waals surface area contributed by atoms with Crippen molar-refractivity contribution in [2.45, 2.75) is 0 Å². The highest BCUT2D eigenvalue weighted by molar-refractivity contribution is 14.1. The fourth-order valence-corrected chi connectivity index (χ4v) is 0.595. The molecule has 8 nitrogen and oxygen atoms in total. The Bertz CT molecular complexity index is 345. The van der Waals surface area contributed by atoms with Gasteiger partial charge in [0.1, 0.15) is 5.82 Å². The molecule has 0 aliphatic carbocycles. The summed E-state index contributed by atoms with van der Waals surface area (Å²) in [5, 5.41) is 23.7. The quantitative estimate of drug-likeness (QED) is 0.262. The lowest BCUT2D eigenvalue weighted by Gasteiger charge is -2.03. The molecule has 4 N–H and O–H groups in total. The van der Waals surface area contributed by atoms with E-state index in [1.807, 2.05) is 0 Å². The smallest absolute Gasteiger partial charge is 0.362 e. The SMILES string of the molecule is C=C(N/N=C(\I)C(=O)O)N/N=C(\I)C(=O)O. The van der Waals surface area contributed by atoms with E-state index >= 15 is 0 Å². The van der Waals surface area contributed by atoms with Gasteiger partial charge in [0.05, 0.1) is 0 Å². The summed E-state index contributed by atoms with van der Waals surface area (Å²) in [5.74, 6) is -2.33. The molecular formula is C6H6I2N4O4. The highest BCUT2D eigenvalue weighted by Crippen LogP contribution is 1.92. The molecule has 0 fully saturated rings. The number of halogens is 2. The summed E-state index contributed by atoms with van der Waals surface area (Å²) in [4.78, 5) is 20.7. The summed E-state index contributed by atoms with van der Waals surface area (Å²) in [6.45, 7) is 3.39. The highest BCUT2D eigenvalue weighted by atomic mass is 127. The van der Waals surface area contributed by atoms with Crippen LogP contribution in [0, 0.1) is 0 Å². The van der Waals surface area contributed by atoms with Gasteiger partial charge in [-0.25, -0.2) is 9.59 Å². The molecule has 0 aromatic rings. The van der Waals surface area contributed by atoms with Crippen molar-refractivity contribution in [2.75, 3.05) is 0 Å². The summed E-state index contributed by atoms with van der Waals surface area (Å²) < 4.78 is -0.394. The van der Waals surface area contributed by atoms with Crippen LogP contribution in [0.4, 0.5) is 0 Å². The number of nitrogens with zero attached hydrogens (tertiary/aromatic N) is 2. The summed E-state index contributed by atoms with van der Waals surface area (Å²) in [5.41, 5.74) is 4.50. The standard InChI is InChI=1S/C6H6I2N4O4/c1-2(9-11-3(7)5(13)14)10-12-4(8)6(15)16/h9-10H,1H2,(H,13,14)(H,15,16)/b11-3-,12-4-. The summed E-state index contributed by atoms with van der Waals surface area (Å²) in [6.07, 6.45) is 0. The van der Waals surface area contributed by atoms with Crippen molar-refractivity contribution in [1.29, 1.82) is 0 Å². The first-order valence-corrected chi connectivity index (χ1v) is 5.64. The second kappa shape index (κ2) is 7.37. The van der Waals surface area contributed by atoms with Gasteiger partial charge in [-0.2, -0.15) is 10.2 Å². The molecule has 0 spiro atoms. The van der Waals surface area contributed by atoms with Crippen molar-refractivity contribution < 1.29 is 19.8 Å². The van der Waals surface area contributed by atoms with E-state index in [4.69, 9.17) is 10.2 Å². The van der Waals surface area contributed by atoms with Crippen molar-refractivity contribution in [3.05, 3.63) is 12.4 Å². The minimum absolute atomic E-state index is 0.0471. The van der Waals surface area contributed by atoms with Gasteiger partial charge in [0.15, 0.2) is 0 Å². The van der Waals surface area contributed by atoms with Gasteiger partial charge in [0, 0.05) is 0 Å². The maximum atomic E-state index is 10.3. The van der Waals surface area contributed by atoms with Crippen LogP contribution < -0.4 is 10.9 Å². The van der Waals surface area contributed by atoms with Crippen molar-refractivity contribution >= 4 is 64.6 Å². The van der Waals surface area contributed by atoms with Gasteiger partial charge >= 0.3 is 11.9 Å². The Balaban J connectivity index is 4.21. The van der Waals surface area contributed by atoms with Gasteiger partial charge in [0.25, 0.3) is 0 Å². The minimum Gasteiger partial charge on any atom is -0.476 e. The molecule has 0 heterocycles. The Hall–Kier alpha value is -0.920. The molecule has 10 heteroatoms. The summed E-state index contributed by atoms with van der Waals surface area (Å²) in [7, 11) is 0. The first-order valence-electron chi connectivity index (χ1n) is 3.48. The molecular weight excluding hydrogens is 446 g/mol. The lowest BCUT2D eigenvalue weighted by molar-refractivity contribution is -0.129. The molecule has 0 unspecified atom stereocenters. The molecule has 88 valence electrons. The molecule has 0 aromatic carbocycles. The molecule has 0 saturated carbocycles. The number of nitrogens with one attached hydrogen (secondary N) is 2. The number of carbonyl (C=O) groups is 2. The van der Waals surface area contributed by atoms with Gasteiger partial charge < -0.3 is 10.2 Å². The Morgan fingerprint density at radius 2 is 1.31 bits per heavy atom. The lowest BCUT2D eigenvalue weighted by Crippen LogP contribution is -2.21. The zero-order valence-electron chi connectivity index (χ0n) is 7.57. The first kappa shape index (κ1) is 15.1. The van der Waals surface area contributed by atoms with Crippen LogP contribution in [0.2, 0.25) is 0 Å². The average Bonchev–Trinajstić information content (AvgIpc) is 2.21. The Morgan fingerprint density at radius 3 is 1.56 bits per heavy atom. The number of aliphatic carboxylic acids is 2. The van der Waals surface area contributed by atoms with E-state index in [9.17, 15) is 9.59 Å². The molecule has 16 heavy (non-hydrogen) atoms. The number of hydrogen-bond acceptors (Lipinski definition) is 6. The van der Waals surface area contributed by atoms with Crippen LogP contribution in [0.15, 0.2) is 22.6 Å². The van der Waals surface area contributed by atoms with Crippen molar-refractivity contribution in [3.8, 4) is 0 Å².